The Balaban J connectivity index is 0.850. The molecule has 0 heterocycles. The summed E-state index contributed by atoms with van der Waals surface area (Å²) >= 11 is 0. The number of para-hydroxylation sites is 2. The molecular formula is C63H48N2. The predicted octanol–water partition coefficient (Wildman–Crippen LogP) is 17.5. The van der Waals surface area contributed by atoms with E-state index < -0.39 is 0 Å². The van der Waals surface area contributed by atoms with Crippen molar-refractivity contribution in [2.24, 2.45) is 0 Å². The fraction of sp³-hybridized carbons (Fsp3) is 0.0159. The average molecular weight is 833 g/mol. The molecule has 10 aromatic carbocycles. The Morgan fingerprint density at radius 1 is 0.354 bits per heavy atom. The highest BCUT2D eigenvalue weighted by molar-refractivity contribution is 5.89. The highest BCUT2D eigenvalue weighted by Crippen LogP contribution is 2.38. The molecule has 65 heavy (non-hydrogen) atoms. The van der Waals surface area contributed by atoms with Gasteiger partial charge in [-0.05, 0) is 152 Å². The number of hydrogen-bond acceptors (Lipinski definition) is 2. The summed E-state index contributed by atoms with van der Waals surface area (Å²) in [5.41, 5.74) is 14.9. The summed E-state index contributed by atoms with van der Waals surface area (Å²) in [5, 5.41) is 4.99. The van der Waals surface area contributed by atoms with Crippen LogP contribution in [0.5, 0.6) is 0 Å². The van der Waals surface area contributed by atoms with E-state index in [1.165, 1.54) is 60.5 Å². The van der Waals surface area contributed by atoms with Crippen LogP contribution in [0, 0.1) is 0 Å². The van der Waals surface area contributed by atoms with Crippen molar-refractivity contribution in [3.63, 3.8) is 0 Å². The van der Waals surface area contributed by atoms with Gasteiger partial charge in [0.25, 0.3) is 0 Å². The first-order valence-electron chi connectivity index (χ1n) is 22.2. The Morgan fingerprint density at radius 3 is 1.22 bits per heavy atom. The SMILES string of the molecule is C=C/C=C(\C=C/Cc1ccc(-c2ccc(N(c3ccccc3)c3ccc(-c4ccc5ccccc5c4)cc3)cc2)cc1)N(c1ccccc1)c1ccc(-c2ccc3ccccc3c2)cc1. The minimum absolute atomic E-state index is 0.795. The quantitative estimate of drug-likeness (QED) is 0.107. The fourth-order valence-corrected chi connectivity index (χ4v) is 8.67. The highest BCUT2D eigenvalue weighted by atomic mass is 15.1. The van der Waals surface area contributed by atoms with Crippen molar-refractivity contribution in [3.8, 4) is 33.4 Å². The first-order chi connectivity index (χ1) is 32.2. The molecule has 0 unspecified atom stereocenters. The van der Waals surface area contributed by atoms with Crippen molar-refractivity contribution in [1.29, 1.82) is 0 Å². The molecule has 10 rings (SSSR count). The van der Waals surface area contributed by atoms with E-state index in [4.69, 9.17) is 0 Å². The number of allylic oxidation sites excluding steroid dienone is 4. The fourth-order valence-electron chi connectivity index (χ4n) is 8.67. The van der Waals surface area contributed by atoms with Crippen molar-refractivity contribution >= 4 is 50.0 Å². The predicted molar refractivity (Wildman–Crippen MR) is 279 cm³/mol. The lowest BCUT2D eigenvalue weighted by atomic mass is 10.0. The van der Waals surface area contributed by atoms with Crippen molar-refractivity contribution < 1.29 is 0 Å². The Hall–Kier alpha value is -8.46. The molecule has 0 saturated carbocycles. The molecule has 0 bridgehead atoms. The molecule has 10 aromatic rings. The minimum Gasteiger partial charge on any atom is -0.311 e. The Labute approximate surface area is 382 Å². The smallest absolute Gasteiger partial charge is 0.0462 e. The van der Waals surface area contributed by atoms with Gasteiger partial charge in [0.05, 0.1) is 0 Å². The van der Waals surface area contributed by atoms with E-state index in [1.807, 2.05) is 6.08 Å². The molecule has 310 valence electrons. The lowest BCUT2D eigenvalue weighted by molar-refractivity contribution is 1.19. The van der Waals surface area contributed by atoms with E-state index in [2.05, 4.69) is 277 Å². The molecule has 0 fully saturated rings. The van der Waals surface area contributed by atoms with Crippen LogP contribution in [0.4, 0.5) is 28.4 Å². The maximum atomic E-state index is 4.08. The van der Waals surface area contributed by atoms with E-state index in [0.717, 1.165) is 40.6 Å². The van der Waals surface area contributed by atoms with E-state index >= 15 is 0 Å². The second-order valence-corrected chi connectivity index (χ2v) is 16.2. The molecule has 0 N–H and O–H groups in total. The van der Waals surface area contributed by atoms with Crippen LogP contribution < -0.4 is 9.80 Å². The normalized spacial score (nSPS) is 11.5. The second-order valence-electron chi connectivity index (χ2n) is 16.2. The zero-order valence-corrected chi connectivity index (χ0v) is 36.2. The molecule has 0 aliphatic carbocycles. The molecule has 0 aliphatic heterocycles. The van der Waals surface area contributed by atoms with Crippen LogP contribution in [0.15, 0.2) is 279 Å². The van der Waals surface area contributed by atoms with Gasteiger partial charge < -0.3 is 9.80 Å². The second kappa shape index (κ2) is 18.9. The van der Waals surface area contributed by atoms with Crippen LogP contribution in [-0.2, 0) is 6.42 Å². The van der Waals surface area contributed by atoms with Gasteiger partial charge in [0, 0.05) is 34.1 Å². The minimum atomic E-state index is 0.795. The van der Waals surface area contributed by atoms with Gasteiger partial charge in [-0.1, -0.05) is 189 Å². The lowest BCUT2D eigenvalue weighted by Gasteiger charge is -2.26. The zero-order chi connectivity index (χ0) is 43.8. The first kappa shape index (κ1) is 40.6. The topological polar surface area (TPSA) is 6.48 Å². The van der Waals surface area contributed by atoms with Gasteiger partial charge in [0.15, 0.2) is 0 Å². The molecule has 2 nitrogen and oxygen atoms in total. The molecule has 0 atom stereocenters. The van der Waals surface area contributed by atoms with Gasteiger partial charge in [-0.2, -0.15) is 0 Å². The first-order valence-corrected chi connectivity index (χ1v) is 22.2. The summed E-state index contributed by atoms with van der Waals surface area (Å²) in [6.45, 7) is 4.08. The third kappa shape index (κ3) is 9.06. The van der Waals surface area contributed by atoms with Crippen LogP contribution in [0.25, 0.3) is 54.9 Å². The van der Waals surface area contributed by atoms with Gasteiger partial charge in [0.1, 0.15) is 0 Å². The molecule has 0 aromatic heterocycles. The Kier molecular flexibility index (Phi) is 11.8. The van der Waals surface area contributed by atoms with Crippen molar-refractivity contribution in [2.45, 2.75) is 6.42 Å². The standard InChI is InChI=1S/C63H48N2/c1-2-14-58(64(59-20-5-3-6-21-59)61-41-35-52(36-42-61)56-31-29-48-16-9-11-18-54(48)45-56)24-13-15-47-25-27-50(28-26-47)51-33-39-62(40-34-51)65(60-22-7-4-8-23-60)63-43-37-53(38-44-63)57-32-30-49-17-10-12-19-55(49)46-57/h2-14,16-46H,1,15H2/b24-13-,58-14+. The van der Waals surface area contributed by atoms with Crippen molar-refractivity contribution in [3.05, 3.63) is 285 Å². The number of hydrogen-bond donors (Lipinski definition) is 0. The zero-order valence-electron chi connectivity index (χ0n) is 36.2. The van der Waals surface area contributed by atoms with Crippen molar-refractivity contribution in [2.75, 3.05) is 9.80 Å². The van der Waals surface area contributed by atoms with E-state index in [9.17, 15) is 0 Å². The van der Waals surface area contributed by atoms with Crippen LogP contribution >= 0.6 is 0 Å². The van der Waals surface area contributed by atoms with Gasteiger partial charge in [-0.15, -0.1) is 0 Å². The van der Waals surface area contributed by atoms with Crippen LogP contribution in [0.3, 0.4) is 0 Å². The highest BCUT2D eigenvalue weighted by Gasteiger charge is 2.15. The van der Waals surface area contributed by atoms with E-state index in [0.29, 0.717) is 0 Å². The third-order valence-electron chi connectivity index (χ3n) is 12.0. The molecule has 0 amide bonds. The summed E-state index contributed by atoms with van der Waals surface area (Å²) in [4.78, 5) is 4.61. The molecule has 0 aliphatic rings. The Morgan fingerprint density at radius 2 is 0.723 bits per heavy atom. The summed E-state index contributed by atoms with van der Waals surface area (Å²) in [7, 11) is 0. The maximum Gasteiger partial charge on any atom is 0.0462 e. The summed E-state index contributed by atoms with van der Waals surface area (Å²) < 4.78 is 0. The summed E-state index contributed by atoms with van der Waals surface area (Å²) in [6, 6.07) is 87.0. The van der Waals surface area contributed by atoms with Crippen molar-refractivity contribution in [1.82, 2.24) is 0 Å². The van der Waals surface area contributed by atoms with Crippen LogP contribution in [-0.4, -0.2) is 0 Å². The van der Waals surface area contributed by atoms with Gasteiger partial charge >= 0.3 is 0 Å². The third-order valence-corrected chi connectivity index (χ3v) is 12.0. The number of benzene rings is 10. The number of nitrogens with zero attached hydrogens (tertiary/aromatic N) is 2. The molecule has 2 heteroatoms. The maximum absolute atomic E-state index is 4.08. The monoisotopic (exact) mass is 832 g/mol. The number of fused-ring (bicyclic) bond motifs is 2. The van der Waals surface area contributed by atoms with Gasteiger partial charge in [-0.3, -0.25) is 0 Å². The van der Waals surface area contributed by atoms with E-state index in [-0.39, 0.29) is 0 Å². The lowest BCUT2D eigenvalue weighted by Crippen LogP contribution is -2.15. The molecule has 0 saturated heterocycles. The molecule has 0 radical (unpaired) electrons. The van der Waals surface area contributed by atoms with Crippen LogP contribution in [0.2, 0.25) is 0 Å². The van der Waals surface area contributed by atoms with Gasteiger partial charge in [-0.25, -0.2) is 0 Å². The van der Waals surface area contributed by atoms with Gasteiger partial charge in [0.2, 0.25) is 0 Å². The largest absolute Gasteiger partial charge is 0.311 e. The number of rotatable bonds is 13. The number of anilines is 5. The Bertz CT molecular complexity index is 3260. The average Bonchev–Trinajstić information content (AvgIpc) is 3.38. The summed E-state index contributed by atoms with van der Waals surface area (Å²) in [5.74, 6) is 0. The summed E-state index contributed by atoms with van der Waals surface area (Å²) in [6.07, 6.45) is 9.18. The van der Waals surface area contributed by atoms with Crippen LogP contribution in [0.1, 0.15) is 5.56 Å². The van der Waals surface area contributed by atoms with E-state index in [1.54, 1.807) is 0 Å². The molecular weight excluding hydrogens is 785 g/mol. The molecule has 0 spiro atoms.